The molecule has 3 aromatic heterocycles. The number of thiophene rings is 1. The molecule has 62 heavy (non-hydrogen) atoms. The monoisotopic (exact) mass is 929 g/mol. The van der Waals surface area contributed by atoms with Gasteiger partial charge in [0.25, 0.3) is 0 Å². The fourth-order valence-corrected chi connectivity index (χ4v) is 5.56. The van der Waals surface area contributed by atoms with Crippen molar-refractivity contribution < 1.29 is 4.74 Å². The zero-order valence-corrected chi connectivity index (χ0v) is 41.2. The maximum Gasteiger partial charge on any atom is 0.125 e. The SMILES string of the molecule is CCc1ccc(OC)cc1.CCc1ccccc1.CCc1cccs1.Cc1ccc(Br)cc1.Cc1ccc(Cl)cc1.Cc1ccccc1.Cc1ccccn1.Cc1ncccn1. The van der Waals surface area contributed by atoms with E-state index in [0.29, 0.717) is 0 Å². The molecule has 0 aliphatic rings. The molecule has 0 aliphatic carbocycles. The first-order valence-electron chi connectivity index (χ1n) is 20.8. The molecule has 0 unspecified atom stereocenters. The van der Waals surface area contributed by atoms with E-state index < -0.39 is 0 Å². The maximum atomic E-state index is 5.61. The Hall–Kier alpha value is -5.40. The number of hydrogen-bond donors (Lipinski definition) is 0. The molecule has 5 aromatic carbocycles. The summed E-state index contributed by atoms with van der Waals surface area (Å²) in [7, 11) is 1.68. The van der Waals surface area contributed by atoms with Crippen LogP contribution in [0.3, 0.4) is 0 Å². The summed E-state index contributed by atoms with van der Waals surface area (Å²) in [4.78, 5) is 13.2. The van der Waals surface area contributed by atoms with Crippen LogP contribution in [0.15, 0.2) is 198 Å². The highest BCUT2D eigenvalue weighted by atomic mass is 79.9. The number of nitrogens with zero attached hydrogens (tertiary/aromatic N) is 3. The Morgan fingerprint density at radius 1 is 0.484 bits per heavy atom. The Bertz CT molecular complexity index is 1960. The van der Waals surface area contributed by atoms with Crippen molar-refractivity contribution in [2.75, 3.05) is 7.11 Å². The van der Waals surface area contributed by atoms with Crippen LogP contribution in [0.1, 0.15) is 65.0 Å². The van der Waals surface area contributed by atoms with E-state index in [2.05, 4.69) is 144 Å². The highest BCUT2D eigenvalue weighted by molar-refractivity contribution is 9.10. The van der Waals surface area contributed by atoms with E-state index >= 15 is 0 Å². The van der Waals surface area contributed by atoms with Gasteiger partial charge in [-0.2, -0.15) is 0 Å². The zero-order valence-electron chi connectivity index (χ0n) is 38.0. The lowest BCUT2D eigenvalue weighted by atomic mass is 10.2. The molecule has 4 nitrogen and oxygen atoms in total. The van der Waals surface area contributed by atoms with E-state index in [1.54, 1.807) is 31.8 Å². The normalized spacial score (nSPS) is 9.08. The number of halogens is 2. The third-order valence-electron chi connectivity index (χ3n) is 8.22. The average Bonchev–Trinajstić information content (AvgIpc) is 3.86. The van der Waals surface area contributed by atoms with Crippen molar-refractivity contribution in [2.24, 2.45) is 0 Å². The van der Waals surface area contributed by atoms with Gasteiger partial charge in [0.2, 0.25) is 0 Å². The minimum Gasteiger partial charge on any atom is -0.497 e. The number of hydrogen-bond acceptors (Lipinski definition) is 5. The predicted octanol–water partition coefficient (Wildman–Crippen LogP) is 16.4. The van der Waals surface area contributed by atoms with Gasteiger partial charge in [-0.05, 0) is 131 Å². The molecule has 0 aliphatic heterocycles. The van der Waals surface area contributed by atoms with Gasteiger partial charge in [-0.25, -0.2) is 9.97 Å². The summed E-state index contributed by atoms with van der Waals surface area (Å²) in [5, 5.41) is 2.91. The summed E-state index contributed by atoms with van der Waals surface area (Å²) in [6.45, 7) is 16.5. The first kappa shape index (κ1) is 54.6. The third-order valence-corrected chi connectivity index (χ3v) is 10.0. The Balaban J connectivity index is 0.000000355. The van der Waals surface area contributed by atoms with Crippen molar-refractivity contribution in [3.63, 3.8) is 0 Å². The number of ether oxygens (including phenoxy) is 1. The summed E-state index contributed by atoms with van der Waals surface area (Å²) in [5.41, 5.74) is 7.70. The average molecular weight is 932 g/mol. The van der Waals surface area contributed by atoms with Gasteiger partial charge in [0.1, 0.15) is 11.6 Å². The van der Waals surface area contributed by atoms with Crippen LogP contribution >= 0.6 is 38.9 Å². The minimum atomic E-state index is 0.801. The third kappa shape index (κ3) is 30.6. The lowest BCUT2D eigenvalue weighted by Crippen LogP contribution is -1.83. The lowest BCUT2D eigenvalue weighted by molar-refractivity contribution is 0.414. The number of aromatic nitrogens is 3. The maximum absolute atomic E-state index is 5.61. The van der Waals surface area contributed by atoms with Crippen molar-refractivity contribution >= 4 is 38.9 Å². The summed E-state index contributed by atoms with van der Waals surface area (Å²) in [6.07, 6.45) is 8.64. The van der Waals surface area contributed by atoms with E-state index in [4.69, 9.17) is 16.3 Å². The van der Waals surface area contributed by atoms with Crippen molar-refractivity contribution in [1.82, 2.24) is 15.0 Å². The van der Waals surface area contributed by atoms with Gasteiger partial charge in [-0.15, -0.1) is 11.3 Å². The fraction of sp³-hybridized carbons (Fsp3) is 0.218. The highest BCUT2D eigenvalue weighted by Crippen LogP contribution is 2.11. The molecule has 3 heterocycles. The summed E-state index contributed by atoms with van der Waals surface area (Å²) in [6, 6.07) is 56.7. The van der Waals surface area contributed by atoms with Crippen LogP contribution < -0.4 is 4.74 Å². The molecular formula is C55H65BrClN3OS. The molecule has 7 heteroatoms. The van der Waals surface area contributed by atoms with Gasteiger partial charge in [0, 0.05) is 38.7 Å². The minimum absolute atomic E-state index is 0.801. The van der Waals surface area contributed by atoms with Gasteiger partial charge in [-0.3, -0.25) is 4.98 Å². The molecule has 0 fully saturated rings. The molecule has 0 N–H and O–H groups in total. The number of aryl methyl sites for hydroxylation is 8. The van der Waals surface area contributed by atoms with E-state index in [-0.39, 0.29) is 0 Å². The van der Waals surface area contributed by atoms with Crippen molar-refractivity contribution in [2.45, 2.75) is 74.7 Å². The summed E-state index contributed by atoms with van der Waals surface area (Å²) in [5.74, 6) is 1.75. The smallest absolute Gasteiger partial charge is 0.125 e. The van der Waals surface area contributed by atoms with Gasteiger partial charge < -0.3 is 4.74 Å². The van der Waals surface area contributed by atoms with Crippen LogP contribution in [0.25, 0.3) is 0 Å². The molecule has 8 rings (SSSR count). The zero-order chi connectivity index (χ0) is 45.6. The Labute approximate surface area is 391 Å². The van der Waals surface area contributed by atoms with Gasteiger partial charge in [-0.1, -0.05) is 174 Å². The summed E-state index contributed by atoms with van der Waals surface area (Å²) >= 11 is 10.8. The van der Waals surface area contributed by atoms with E-state index in [0.717, 1.165) is 39.6 Å². The molecule has 0 spiro atoms. The van der Waals surface area contributed by atoms with Crippen LogP contribution in [0, 0.1) is 34.6 Å². The van der Waals surface area contributed by atoms with Crippen LogP contribution in [0.2, 0.25) is 5.02 Å². The molecule has 0 saturated heterocycles. The molecular weight excluding hydrogens is 866 g/mol. The molecule has 0 atom stereocenters. The second kappa shape index (κ2) is 36.3. The first-order chi connectivity index (χ1) is 30.0. The van der Waals surface area contributed by atoms with E-state index in [1.165, 1.54) is 39.1 Å². The van der Waals surface area contributed by atoms with E-state index in [1.807, 2.05) is 123 Å². The second-order valence-corrected chi connectivity index (χ2v) is 15.9. The number of rotatable bonds is 4. The molecule has 326 valence electrons. The molecule has 0 radical (unpaired) electrons. The van der Waals surface area contributed by atoms with Gasteiger partial charge in [0.05, 0.1) is 7.11 Å². The number of pyridine rings is 1. The topological polar surface area (TPSA) is 47.9 Å². The fourth-order valence-electron chi connectivity index (χ4n) is 4.51. The first-order valence-corrected chi connectivity index (χ1v) is 22.8. The molecule has 0 bridgehead atoms. The second-order valence-electron chi connectivity index (χ2n) is 13.5. The van der Waals surface area contributed by atoms with E-state index in [9.17, 15) is 0 Å². The summed E-state index contributed by atoms with van der Waals surface area (Å²) < 4.78 is 6.16. The standard InChI is InChI=1S/C9H12O.C8H10.C7H7Br.C7H7Cl.C7H8.C6H7N.C6H8S.C5H6N2/c1-3-8-4-6-9(10-2)7-5-8;1-2-8-6-4-3-5-7-8;2*1-6-2-4-7(8)5-3-6;1-7-5-3-2-4-6-7;1-6-4-2-3-5-7-6;1-2-6-4-3-5-7-6;1-5-6-3-2-4-7-5/h4-7H,3H2,1-2H3;3-7H,2H2,1H3;2*2-5H,1H3;2-6H,1H3;2-5H,1H3;3-5H,2H2,1H3;2-4H,1H3. The molecule has 0 amide bonds. The van der Waals surface area contributed by atoms with Crippen LogP contribution in [0.4, 0.5) is 0 Å². The van der Waals surface area contributed by atoms with Crippen molar-refractivity contribution in [1.29, 1.82) is 0 Å². The van der Waals surface area contributed by atoms with Crippen LogP contribution in [-0.2, 0) is 19.3 Å². The predicted molar refractivity (Wildman–Crippen MR) is 274 cm³/mol. The van der Waals surface area contributed by atoms with Crippen molar-refractivity contribution in [3.8, 4) is 5.75 Å². The number of methoxy groups -OCH3 is 1. The Kier molecular flexibility index (Phi) is 32.0. The van der Waals surface area contributed by atoms with Gasteiger partial charge >= 0.3 is 0 Å². The number of benzene rings is 5. The highest BCUT2D eigenvalue weighted by Gasteiger charge is 1.89. The quantitative estimate of drug-likeness (QED) is 0.176. The van der Waals surface area contributed by atoms with Gasteiger partial charge in [0.15, 0.2) is 0 Å². The Morgan fingerprint density at radius 2 is 0.968 bits per heavy atom. The Morgan fingerprint density at radius 3 is 1.27 bits per heavy atom. The van der Waals surface area contributed by atoms with Crippen molar-refractivity contribution in [3.05, 3.63) is 248 Å². The molecule has 0 saturated carbocycles. The largest absolute Gasteiger partial charge is 0.497 e. The van der Waals surface area contributed by atoms with Crippen LogP contribution in [-0.4, -0.2) is 22.1 Å². The lowest BCUT2D eigenvalue weighted by Gasteiger charge is -1.99. The molecule has 8 aromatic rings. The van der Waals surface area contributed by atoms with Crippen LogP contribution in [0.5, 0.6) is 5.75 Å².